The van der Waals surface area contributed by atoms with E-state index in [1.807, 2.05) is 12.1 Å². The van der Waals surface area contributed by atoms with Crippen LogP contribution < -0.4 is 5.73 Å². The fourth-order valence-corrected chi connectivity index (χ4v) is 2.51. The first-order chi connectivity index (χ1) is 10.1. The molecule has 2 aromatic rings. The van der Waals surface area contributed by atoms with Crippen LogP contribution in [0.25, 0.3) is 0 Å². The Bertz CT molecular complexity index is 517. The molecule has 0 aliphatic rings. The maximum Gasteiger partial charge on any atom is 0.0314 e. The summed E-state index contributed by atoms with van der Waals surface area (Å²) in [4.78, 5) is 2.52. The maximum atomic E-state index is 5.75. The molecule has 0 fully saturated rings. The number of anilines is 1. The maximum absolute atomic E-state index is 5.75. The Labute approximate surface area is 128 Å². The Morgan fingerprint density at radius 2 is 1.57 bits per heavy atom. The molecule has 2 N–H and O–H groups in total. The van der Waals surface area contributed by atoms with Crippen molar-refractivity contribution in [3.05, 3.63) is 65.7 Å². The van der Waals surface area contributed by atoms with E-state index in [1.165, 1.54) is 17.5 Å². The van der Waals surface area contributed by atoms with Crippen molar-refractivity contribution in [1.82, 2.24) is 4.90 Å². The second kappa shape index (κ2) is 7.84. The van der Waals surface area contributed by atoms with E-state index < -0.39 is 0 Å². The molecule has 0 bridgehead atoms. The van der Waals surface area contributed by atoms with Gasteiger partial charge < -0.3 is 5.73 Å². The lowest BCUT2D eigenvalue weighted by molar-refractivity contribution is 0.210. The van der Waals surface area contributed by atoms with Gasteiger partial charge >= 0.3 is 0 Å². The fourth-order valence-electron chi connectivity index (χ4n) is 2.51. The van der Waals surface area contributed by atoms with Gasteiger partial charge in [0, 0.05) is 18.3 Å². The SMILES string of the molecule is CC(C)N(CCCc1ccccc1)Cc1ccc(N)cc1. The van der Waals surface area contributed by atoms with Crippen LogP contribution in [0.5, 0.6) is 0 Å². The summed E-state index contributed by atoms with van der Waals surface area (Å²) in [5, 5.41) is 0. The zero-order valence-corrected chi connectivity index (χ0v) is 13.1. The van der Waals surface area contributed by atoms with Crippen molar-refractivity contribution >= 4 is 5.69 Å². The molecule has 2 rings (SSSR count). The van der Waals surface area contributed by atoms with Crippen molar-refractivity contribution in [3.8, 4) is 0 Å². The minimum atomic E-state index is 0.554. The van der Waals surface area contributed by atoms with Crippen LogP contribution in [0.1, 0.15) is 31.4 Å². The largest absolute Gasteiger partial charge is 0.399 e. The second-order valence-electron chi connectivity index (χ2n) is 5.89. The lowest BCUT2D eigenvalue weighted by atomic mass is 10.1. The van der Waals surface area contributed by atoms with Crippen LogP contribution in [-0.4, -0.2) is 17.5 Å². The van der Waals surface area contributed by atoms with Crippen LogP contribution in [0.3, 0.4) is 0 Å². The second-order valence-corrected chi connectivity index (χ2v) is 5.89. The Kier molecular flexibility index (Phi) is 5.82. The lowest BCUT2D eigenvalue weighted by Gasteiger charge is -2.26. The van der Waals surface area contributed by atoms with E-state index >= 15 is 0 Å². The molecule has 0 aromatic heterocycles. The highest BCUT2D eigenvalue weighted by Crippen LogP contribution is 2.12. The standard InChI is InChI=1S/C19H26N2/c1-16(2)21(15-18-10-12-19(20)13-11-18)14-6-9-17-7-4-3-5-8-17/h3-5,7-8,10-13,16H,6,9,14-15,20H2,1-2H3. The Balaban J connectivity index is 1.86. The van der Waals surface area contributed by atoms with Gasteiger partial charge in [-0.2, -0.15) is 0 Å². The zero-order valence-electron chi connectivity index (χ0n) is 13.1. The number of hydrogen-bond donors (Lipinski definition) is 1. The summed E-state index contributed by atoms with van der Waals surface area (Å²) in [7, 11) is 0. The summed E-state index contributed by atoms with van der Waals surface area (Å²) >= 11 is 0. The first-order valence-electron chi connectivity index (χ1n) is 7.77. The molecule has 21 heavy (non-hydrogen) atoms. The number of nitrogens with two attached hydrogens (primary N) is 1. The molecule has 0 aliphatic heterocycles. The molecule has 0 saturated carbocycles. The topological polar surface area (TPSA) is 29.3 Å². The van der Waals surface area contributed by atoms with E-state index in [0.717, 1.165) is 25.2 Å². The van der Waals surface area contributed by atoms with Crippen molar-refractivity contribution in [3.63, 3.8) is 0 Å². The molecule has 0 aliphatic carbocycles. The van der Waals surface area contributed by atoms with E-state index in [-0.39, 0.29) is 0 Å². The number of hydrogen-bond acceptors (Lipinski definition) is 2. The van der Waals surface area contributed by atoms with Crippen molar-refractivity contribution in [2.24, 2.45) is 0 Å². The minimum Gasteiger partial charge on any atom is -0.399 e. The van der Waals surface area contributed by atoms with Crippen molar-refractivity contribution in [2.45, 2.75) is 39.3 Å². The summed E-state index contributed by atoms with van der Waals surface area (Å²) in [5.74, 6) is 0. The Morgan fingerprint density at radius 3 is 2.19 bits per heavy atom. The van der Waals surface area contributed by atoms with Crippen LogP contribution in [0, 0.1) is 0 Å². The van der Waals surface area contributed by atoms with E-state index in [1.54, 1.807) is 0 Å². The molecular formula is C19H26N2. The summed E-state index contributed by atoms with van der Waals surface area (Å²) in [6.45, 7) is 6.64. The molecule has 112 valence electrons. The van der Waals surface area contributed by atoms with Crippen LogP contribution >= 0.6 is 0 Å². The van der Waals surface area contributed by atoms with Crippen molar-refractivity contribution in [1.29, 1.82) is 0 Å². The number of nitrogen functional groups attached to an aromatic ring is 1. The highest BCUT2D eigenvalue weighted by atomic mass is 15.1. The first kappa shape index (κ1) is 15.6. The molecule has 0 spiro atoms. The third-order valence-corrected chi connectivity index (χ3v) is 3.85. The van der Waals surface area contributed by atoms with Gasteiger partial charge in [0.1, 0.15) is 0 Å². The summed E-state index contributed by atoms with van der Waals surface area (Å²) in [5.41, 5.74) is 9.34. The first-order valence-corrected chi connectivity index (χ1v) is 7.77. The quantitative estimate of drug-likeness (QED) is 0.774. The molecule has 2 aromatic carbocycles. The molecule has 0 heterocycles. The molecule has 0 amide bonds. The van der Waals surface area contributed by atoms with Gasteiger partial charge in [0.25, 0.3) is 0 Å². The molecular weight excluding hydrogens is 256 g/mol. The van der Waals surface area contributed by atoms with Gasteiger partial charge in [0.05, 0.1) is 0 Å². The number of nitrogens with zero attached hydrogens (tertiary/aromatic N) is 1. The lowest BCUT2D eigenvalue weighted by Crippen LogP contribution is -2.31. The zero-order chi connectivity index (χ0) is 15.1. The van der Waals surface area contributed by atoms with Gasteiger partial charge in [-0.1, -0.05) is 42.5 Å². The summed E-state index contributed by atoms with van der Waals surface area (Å²) < 4.78 is 0. The van der Waals surface area contributed by atoms with Crippen LogP contribution in [0.2, 0.25) is 0 Å². The van der Waals surface area contributed by atoms with Gasteiger partial charge in [-0.15, -0.1) is 0 Å². The third-order valence-electron chi connectivity index (χ3n) is 3.85. The molecule has 0 atom stereocenters. The fraction of sp³-hybridized carbons (Fsp3) is 0.368. The van der Waals surface area contributed by atoms with Crippen molar-refractivity contribution in [2.75, 3.05) is 12.3 Å². The molecule has 0 radical (unpaired) electrons. The monoisotopic (exact) mass is 282 g/mol. The van der Waals surface area contributed by atoms with Gasteiger partial charge in [0.15, 0.2) is 0 Å². The Morgan fingerprint density at radius 1 is 0.905 bits per heavy atom. The van der Waals surface area contributed by atoms with E-state index in [0.29, 0.717) is 6.04 Å². The third kappa shape index (κ3) is 5.24. The predicted molar refractivity (Wildman–Crippen MR) is 91.2 cm³/mol. The van der Waals surface area contributed by atoms with Crippen LogP contribution in [0.15, 0.2) is 54.6 Å². The molecule has 2 heteroatoms. The van der Waals surface area contributed by atoms with E-state index in [4.69, 9.17) is 5.73 Å². The average molecular weight is 282 g/mol. The van der Waals surface area contributed by atoms with Crippen molar-refractivity contribution < 1.29 is 0 Å². The van der Waals surface area contributed by atoms with Gasteiger partial charge in [0.2, 0.25) is 0 Å². The van der Waals surface area contributed by atoms with Crippen LogP contribution in [-0.2, 0) is 13.0 Å². The normalized spacial score (nSPS) is 11.2. The predicted octanol–water partition coefficient (Wildman–Crippen LogP) is 4.11. The van der Waals surface area contributed by atoms with Crippen LogP contribution in [0.4, 0.5) is 5.69 Å². The number of benzene rings is 2. The van der Waals surface area contributed by atoms with E-state index in [9.17, 15) is 0 Å². The number of rotatable bonds is 7. The molecule has 0 unspecified atom stereocenters. The molecule has 2 nitrogen and oxygen atoms in total. The van der Waals surface area contributed by atoms with Gasteiger partial charge in [-0.05, 0) is 56.5 Å². The Hall–Kier alpha value is -1.80. The number of aryl methyl sites for hydroxylation is 1. The summed E-state index contributed by atoms with van der Waals surface area (Å²) in [6, 6.07) is 19.5. The van der Waals surface area contributed by atoms with Gasteiger partial charge in [-0.25, -0.2) is 0 Å². The highest BCUT2D eigenvalue weighted by molar-refractivity contribution is 5.39. The minimum absolute atomic E-state index is 0.554. The molecule has 0 saturated heterocycles. The average Bonchev–Trinajstić information content (AvgIpc) is 2.49. The summed E-state index contributed by atoms with van der Waals surface area (Å²) in [6.07, 6.45) is 2.34. The van der Waals surface area contributed by atoms with Gasteiger partial charge in [-0.3, -0.25) is 4.90 Å². The smallest absolute Gasteiger partial charge is 0.0314 e. The highest BCUT2D eigenvalue weighted by Gasteiger charge is 2.09. The van der Waals surface area contributed by atoms with E-state index in [2.05, 4.69) is 61.2 Å².